The van der Waals surface area contributed by atoms with Crippen LogP contribution in [0.2, 0.25) is 0 Å². The van der Waals surface area contributed by atoms with E-state index in [9.17, 15) is 4.79 Å². The highest BCUT2D eigenvalue weighted by Crippen LogP contribution is 2.11. The molecule has 2 atom stereocenters. The Morgan fingerprint density at radius 1 is 1.31 bits per heavy atom. The summed E-state index contributed by atoms with van der Waals surface area (Å²) in [6, 6.07) is 9.58. The molecule has 0 saturated carbocycles. The van der Waals surface area contributed by atoms with Gasteiger partial charge in [0.25, 0.3) is 0 Å². The molecule has 16 heavy (non-hydrogen) atoms. The Bertz CT molecular complexity index is 321. The van der Waals surface area contributed by atoms with Gasteiger partial charge in [-0.1, -0.05) is 50.6 Å². The number of hydrogen-bond acceptors (Lipinski definition) is 2. The zero-order chi connectivity index (χ0) is 12.0. The maximum absolute atomic E-state index is 11.9. The first kappa shape index (κ1) is 12.9. The van der Waals surface area contributed by atoms with E-state index >= 15 is 0 Å². The van der Waals surface area contributed by atoms with Crippen LogP contribution in [0, 0.1) is 5.92 Å². The normalized spacial score (nSPS) is 14.4. The molecule has 2 N–H and O–H groups in total. The van der Waals surface area contributed by atoms with Gasteiger partial charge in [-0.3, -0.25) is 4.79 Å². The molecule has 0 heterocycles. The summed E-state index contributed by atoms with van der Waals surface area (Å²) in [6.45, 7) is 4.06. The highest BCUT2D eigenvalue weighted by Gasteiger charge is 2.19. The minimum Gasteiger partial charge on any atom is -0.321 e. The highest BCUT2D eigenvalue weighted by molar-refractivity contribution is 5.86. The predicted octanol–water partition coefficient (Wildman–Crippen LogP) is 2.56. The van der Waals surface area contributed by atoms with Crippen LogP contribution in [-0.2, 0) is 11.2 Å². The molecule has 1 unspecified atom stereocenters. The van der Waals surface area contributed by atoms with Crippen LogP contribution in [0.4, 0.5) is 0 Å². The second-order valence-electron chi connectivity index (χ2n) is 4.39. The van der Waals surface area contributed by atoms with Crippen LogP contribution in [0.25, 0.3) is 0 Å². The molecular formula is C14H21NO. The van der Waals surface area contributed by atoms with Crippen molar-refractivity contribution in [1.29, 1.82) is 0 Å². The van der Waals surface area contributed by atoms with Crippen molar-refractivity contribution in [2.45, 2.75) is 39.2 Å². The van der Waals surface area contributed by atoms with E-state index in [0.717, 1.165) is 18.4 Å². The van der Waals surface area contributed by atoms with E-state index in [1.807, 2.05) is 37.3 Å². The number of ketones is 1. The number of nitrogens with two attached hydrogens (primary N) is 1. The fourth-order valence-corrected chi connectivity index (χ4v) is 1.91. The lowest BCUT2D eigenvalue weighted by Crippen LogP contribution is -2.36. The minimum absolute atomic E-state index is 0.0868. The Morgan fingerprint density at radius 2 is 1.94 bits per heavy atom. The molecule has 0 amide bonds. The summed E-state index contributed by atoms with van der Waals surface area (Å²) >= 11 is 0. The van der Waals surface area contributed by atoms with Crippen molar-refractivity contribution in [2.75, 3.05) is 0 Å². The Morgan fingerprint density at radius 3 is 2.50 bits per heavy atom. The van der Waals surface area contributed by atoms with Crippen LogP contribution in [0.5, 0.6) is 0 Å². The SMILES string of the molecule is CCCC(C)C(=O)[C@@H](N)Cc1ccccc1. The molecule has 88 valence electrons. The largest absolute Gasteiger partial charge is 0.321 e. The van der Waals surface area contributed by atoms with Crippen LogP contribution in [0.1, 0.15) is 32.3 Å². The summed E-state index contributed by atoms with van der Waals surface area (Å²) in [7, 11) is 0. The number of carbonyl (C=O) groups is 1. The molecule has 0 aliphatic rings. The summed E-state index contributed by atoms with van der Waals surface area (Å²) in [5, 5.41) is 0. The summed E-state index contributed by atoms with van der Waals surface area (Å²) in [6.07, 6.45) is 2.61. The average Bonchev–Trinajstić information content (AvgIpc) is 2.29. The van der Waals surface area contributed by atoms with Gasteiger partial charge in [-0.25, -0.2) is 0 Å². The molecule has 0 spiro atoms. The van der Waals surface area contributed by atoms with Crippen molar-refractivity contribution in [3.8, 4) is 0 Å². The first-order valence-corrected chi connectivity index (χ1v) is 5.98. The number of benzene rings is 1. The average molecular weight is 219 g/mol. The van der Waals surface area contributed by atoms with E-state index in [0.29, 0.717) is 6.42 Å². The molecule has 1 rings (SSSR count). The Kier molecular flexibility index (Phi) is 5.20. The molecule has 1 aromatic rings. The molecule has 0 fully saturated rings. The van der Waals surface area contributed by atoms with Crippen molar-refractivity contribution in [2.24, 2.45) is 11.7 Å². The summed E-state index contributed by atoms with van der Waals surface area (Å²) in [5.74, 6) is 0.273. The lowest BCUT2D eigenvalue weighted by Gasteiger charge is -2.15. The number of carbonyl (C=O) groups excluding carboxylic acids is 1. The number of rotatable bonds is 6. The van der Waals surface area contributed by atoms with Crippen molar-refractivity contribution >= 4 is 5.78 Å². The van der Waals surface area contributed by atoms with Gasteiger partial charge in [-0.2, -0.15) is 0 Å². The van der Waals surface area contributed by atoms with Crippen molar-refractivity contribution in [1.82, 2.24) is 0 Å². The van der Waals surface area contributed by atoms with Gasteiger partial charge in [0, 0.05) is 5.92 Å². The third-order valence-corrected chi connectivity index (χ3v) is 2.87. The quantitative estimate of drug-likeness (QED) is 0.799. The maximum atomic E-state index is 11.9. The molecule has 0 bridgehead atoms. The topological polar surface area (TPSA) is 43.1 Å². The van der Waals surface area contributed by atoms with Gasteiger partial charge in [0.15, 0.2) is 5.78 Å². The number of hydrogen-bond donors (Lipinski definition) is 1. The van der Waals surface area contributed by atoms with Crippen LogP contribution in [0.3, 0.4) is 0 Å². The molecule has 0 saturated heterocycles. The third kappa shape index (κ3) is 3.78. The van der Waals surface area contributed by atoms with Crippen LogP contribution in [-0.4, -0.2) is 11.8 Å². The first-order chi connectivity index (χ1) is 7.65. The molecule has 1 aromatic carbocycles. The van der Waals surface area contributed by atoms with E-state index in [-0.39, 0.29) is 17.7 Å². The number of Topliss-reactive ketones (excluding diaryl/α,β-unsaturated/α-hetero) is 1. The van der Waals surface area contributed by atoms with Gasteiger partial charge in [0.2, 0.25) is 0 Å². The predicted molar refractivity (Wildman–Crippen MR) is 67.2 cm³/mol. The summed E-state index contributed by atoms with van der Waals surface area (Å²) < 4.78 is 0. The van der Waals surface area contributed by atoms with Crippen molar-refractivity contribution in [3.05, 3.63) is 35.9 Å². The fraction of sp³-hybridized carbons (Fsp3) is 0.500. The van der Waals surface area contributed by atoms with Crippen molar-refractivity contribution in [3.63, 3.8) is 0 Å². The van der Waals surface area contributed by atoms with Crippen molar-refractivity contribution < 1.29 is 4.79 Å². The second kappa shape index (κ2) is 6.44. The van der Waals surface area contributed by atoms with E-state index in [4.69, 9.17) is 5.73 Å². The van der Waals surface area contributed by atoms with Gasteiger partial charge in [0.1, 0.15) is 0 Å². The monoisotopic (exact) mass is 219 g/mol. The third-order valence-electron chi connectivity index (χ3n) is 2.87. The van der Waals surface area contributed by atoms with Crippen LogP contribution >= 0.6 is 0 Å². The van der Waals surface area contributed by atoms with E-state index < -0.39 is 0 Å². The molecule has 2 heteroatoms. The Labute approximate surface area is 97.9 Å². The fourth-order valence-electron chi connectivity index (χ4n) is 1.91. The minimum atomic E-state index is -0.357. The molecular weight excluding hydrogens is 198 g/mol. The summed E-state index contributed by atoms with van der Waals surface area (Å²) in [4.78, 5) is 11.9. The van der Waals surface area contributed by atoms with Gasteiger partial charge in [0.05, 0.1) is 6.04 Å². The lowest BCUT2D eigenvalue weighted by atomic mass is 9.92. The van der Waals surface area contributed by atoms with E-state index in [1.54, 1.807) is 0 Å². The molecule has 0 aromatic heterocycles. The van der Waals surface area contributed by atoms with Gasteiger partial charge in [-0.05, 0) is 18.4 Å². The highest BCUT2D eigenvalue weighted by atomic mass is 16.1. The Balaban J connectivity index is 2.52. The molecule has 0 aliphatic carbocycles. The Hall–Kier alpha value is -1.15. The van der Waals surface area contributed by atoms with Gasteiger partial charge < -0.3 is 5.73 Å². The summed E-state index contributed by atoms with van der Waals surface area (Å²) in [5.41, 5.74) is 7.06. The smallest absolute Gasteiger partial charge is 0.152 e. The molecule has 2 nitrogen and oxygen atoms in total. The second-order valence-corrected chi connectivity index (χ2v) is 4.39. The zero-order valence-electron chi connectivity index (χ0n) is 10.1. The lowest BCUT2D eigenvalue weighted by molar-refractivity contribution is -0.123. The van der Waals surface area contributed by atoms with Crippen LogP contribution in [0.15, 0.2) is 30.3 Å². The van der Waals surface area contributed by atoms with Gasteiger partial charge >= 0.3 is 0 Å². The van der Waals surface area contributed by atoms with E-state index in [1.165, 1.54) is 0 Å². The van der Waals surface area contributed by atoms with Gasteiger partial charge in [-0.15, -0.1) is 0 Å². The molecule has 0 radical (unpaired) electrons. The standard InChI is InChI=1S/C14H21NO/c1-3-7-11(2)14(16)13(15)10-12-8-5-4-6-9-12/h4-6,8-9,11,13H,3,7,10,15H2,1-2H3/t11?,13-/m0/s1. The maximum Gasteiger partial charge on any atom is 0.152 e. The first-order valence-electron chi connectivity index (χ1n) is 5.98. The van der Waals surface area contributed by atoms with Crippen LogP contribution < -0.4 is 5.73 Å². The zero-order valence-corrected chi connectivity index (χ0v) is 10.1. The molecule has 0 aliphatic heterocycles. The van der Waals surface area contributed by atoms with E-state index in [2.05, 4.69) is 6.92 Å².